The van der Waals surface area contributed by atoms with Crippen molar-refractivity contribution in [2.45, 2.75) is 37.3 Å². The lowest BCUT2D eigenvalue weighted by molar-refractivity contribution is -0.0327. The van der Waals surface area contributed by atoms with Crippen LogP contribution in [0.15, 0.2) is 41.8 Å². The zero-order valence-corrected chi connectivity index (χ0v) is 20.6. The highest BCUT2D eigenvalue weighted by molar-refractivity contribution is 7.80. The molecule has 6 rings (SSSR count). The molecule has 0 unspecified atom stereocenters. The van der Waals surface area contributed by atoms with E-state index in [0.29, 0.717) is 40.4 Å². The van der Waals surface area contributed by atoms with Crippen molar-refractivity contribution in [1.29, 1.82) is 10.5 Å². The van der Waals surface area contributed by atoms with E-state index in [-0.39, 0.29) is 17.0 Å². The highest BCUT2D eigenvalue weighted by Crippen LogP contribution is 2.58. The second kappa shape index (κ2) is 7.61. The van der Waals surface area contributed by atoms with Crippen LogP contribution in [0.5, 0.6) is 28.7 Å². The summed E-state index contributed by atoms with van der Waals surface area (Å²) < 4.78 is 19.3. The second-order valence-corrected chi connectivity index (χ2v) is 10.8. The zero-order valence-electron chi connectivity index (χ0n) is 19.0. The summed E-state index contributed by atoms with van der Waals surface area (Å²) in [5.74, 6) is 2.42. The van der Waals surface area contributed by atoms with E-state index in [1.165, 1.54) is 17.0 Å². The van der Waals surface area contributed by atoms with Crippen LogP contribution in [0.4, 0.5) is 0 Å². The Labute approximate surface area is 211 Å². The van der Waals surface area contributed by atoms with Gasteiger partial charge < -0.3 is 24.8 Å². The fourth-order valence-corrected chi connectivity index (χ4v) is 6.22. The van der Waals surface area contributed by atoms with Gasteiger partial charge in [-0.05, 0) is 43.6 Å². The van der Waals surface area contributed by atoms with Gasteiger partial charge in [0.1, 0.15) is 17.7 Å². The van der Waals surface area contributed by atoms with Gasteiger partial charge in [0, 0.05) is 34.9 Å². The molecule has 1 spiro atoms. The SMILES string of the molecule is CC1(C)NC(=S)NC[C@@]12C[C@H](c1cccs1)c1ccc3c(c1O2)Oc1cc(C#N)c(C#N)cc1O3. The van der Waals surface area contributed by atoms with Crippen molar-refractivity contribution in [3.63, 3.8) is 0 Å². The molecule has 1 aromatic heterocycles. The molecule has 0 saturated carbocycles. The molecule has 2 aromatic carbocycles. The Bertz CT molecular complexity index is 1470. The summed E-state index contributed by atoms with van der Waals surface area (Å²) in [4.78, 5) is 1.24. The van der Waals surface area contributed by atoms with Gasteiger partial charge in [-0.25, -0.2) is 0 Å². The Balaban J connectivity index is 1.51. The molecule has 3 aliphatic heterocycles. The number of thiophene rings is 1. The summed E-state index contributed by atoms with van der Waals surface area (Å²) in [7, 11) is 0. The minimum atomic E-state index is -0.627. The molecule has 0 radical (unpaired) electrons. The van der Waals surface area contributed by atoms with Crippen molar-refractivity contribution in [3.8, 4) is 40.9 Å². The normalized spacial score (nSPS) is 23.0. The van der Waals surface area contributed by atoms with Crippen LogP contribution < -0.4 is 24.8 Å². The number of rotatable bonds is 1. The summed E-state index contributed by atoms with van der Waals surface area (Å²) in [6.45, 7) is 4.74. The van der Waals surface area contributed by atoms with Gasteiger partial charge in [-0.3, -0.25) is 0 Å². The molecule has 2 N–H and O–H groups in total. The first kappa shape index (κ1) is 21.7. The van der Waals surface area contributed by atoms with Gasteiger partial charge in [-0.1, -0.05) is 12.1 Å². The first-order chi connectivity index (χ1) is 16.8. The fraction of sp³-hybridized carbons (Fsp3) is 0.269. The topological polar surface area (TPSA) is 99.3 Å². The van der Waals surface area contributed by atoms with Crippen LogP contribution in [0, 0.1) is 22.7 Å². The predicted molar refractivity (Wildman–Crippen MR) is 134 cm³/mol. The molecule has 35 heavy (non-hydrogen) atoms. The van der Waals surface area contributed by atoms with E-state index in [1.54, 1.807) is 11.3 Å². The molecule has 1 fully saturated rings. The van der Waals surface area contributed by atoms with E-state index in [0.717, 1.165) is 12.0 Å². The molecule has 9 heteroatoms. The van der Waals surface area contributed by atoms with Crippen molar-refractivity contribution in [2.75, 3.05) is 6.54 Å². The molecular formula is C26H20N4O3S2. The number of benzene rings is 2. The Hall–Kier alpha value is -3.79. The number of nitrogens with zero attached hydrogens (tertiary/aromatic N) is 2. The highest BCUT2D eigenvalue weighted by atomic mass is 32.1. The average Bonchev–Trinajstić information content (AvgIpc) is 3.38. The summed E-state index contributed by atoms with van der Waals surface area (Å²) in [5, 5.41) is 28.2. The number of hydrogen-bond acceptors (Lipinski definition) is 7. The van der Waals surface area contributed by atoms with E-state index >= 15 is 0 Å². The lowest BCUT2D eigenvalue weighted by Gasteiger charge is -2.54. The lowest BCUT2D eigenvalue weighted by Crippen LogP contribution is -2.74. The maximum atomic E-state index is 9.48. The van der Waals surface area contributed by atoms with Gasteiger partial charge >= 0.3 is 0 Å². The van der Waals surface area contributed by atoms with Crippen LogP contribution in [0.1, 0.15) is 47.8 Å². The van der Waals surface area contributed by atoms with E-state index < -0.39 is 11.1 Å². The molecule has 2 atom stereocenters. The van der Waals surface area contributed by atoms with Crippen molar-refractivity contribution in [2.24, 2.45) is 0 Å². The molecule has 4 heterocycles. The number of thiocarbonyl (C=S) groups is 1. The molecule has 0 aliphatic carbocycles. The van der Waals surface area contributed by atoms with Crippen LogP contribution in [0.25, 0.3) is 0 Å². The van der Waals surface area contributed by atoms with Gasteiger partial charge in [-0.15, -0.1) is 11.3 Å². The van der Waals surface area contributed by atoms with E-state index in [1.807, 2.05) is 18.2 Å². The van der Waals surface area contributed by atoms with Crippen LogP contribution in [0.2, 0.25) is 0 Å². The first-order valence-corrected chi connectivity index (χ1v) is 12.4. The number of nitriles is 2. The number of ether oxygens (including phenoxy) is 3. The third-order valence-corrected chi connectivity index (χ3v) is 8.29. The Morgan fingerprint density at radius 3 is 2.43 bits per heavy atom. The zero-order chi connectivity index (χ0) is 24.4. The standard InChI is InChI=1S/C26H20N4O3S2/c1-25(2)26(13-29-24(34)30-25)10-17(21-4-3-7-35-21)16-5-6-18-23(22(16)33-26)32-20-9-15(12-28)14(11-27)8-19(20)31-18/h3-9,17H,10,13H2,1-2H3,(H2,29,30,34)/t17-,26-/m0/s1. The summed E-state index contributed by atoms with van der Waals surface area (Å²) >= 11 is 7.12. The van der Waals surface area contributed by atoms with Crippen molar-refractivity contribution in [1.82, 2.24) is 10.6 Å². The van der Waals surface area contributed by atoms with Crippen LogP contribution >= 0.6 is 23.6 Å². The van der Waals surface area contributed by atoms with Gasteiger partial charge in [0.15, 0.2) is 28.1 Å². The molecule has 174 valence electrons. The lowest BCUT2D eigenvalue weighted by atomic mass is 9.71. The molecule has 3 aliphatic rings. The average molecular weight is 501 g/mol. The monoisotopic (exact) mass is 500 g/mol. The molecule has 1 saturated heterocycles. The second-order valence-electron chi connectivity index (χ2n) is 9.38. The smallest absolute Gasteiger partial charge is 0.212 e. The number of fused-ring (bicyclic) bond motifs is 4. The molecule has 3 aromatic rings. The Morgan fingerprint density at radius 2 is 1.77 bits per heavy atom. The first-order valence-electron chi connectivity index (χ1n) is 11.1. The maximum absolute atomic E-state index is 9.48. The summed E-state index contributed by atoms with van der Waals surface area (Å²) in [6.07, 6.45) is 0.746. The van der Waals surface area contributed by atoms with Crippen LogP contribution in [-0.4, -0.2) is 22.8 Å². The van der Waals surface area contributed by atoms with Gasteiger partial charge in [0.2, 0.25) is 5.75 Å². The minimum Gasteiger partial charge on any atom is -0.479 e. The third-order valence-electron chi connectivity index (χ3n) is 7.06. The molecular weight excluding hydrogens is 480 g/mol. The van der Waals surface area contributed by atoms with E-state index in [9.17, 15) is 10.5 Å². The maximum Gasteiger partial charge on any atom is 0.212 e. The van der Waals surface area contributed by atoms with Crippen molar-refractivity contribution >= 4 is 28.7 Å². The number of hydrogen-bond donors (Lipinski definition) is 2. The minimum absolute atomic E-state index is 0.0826. The quantitative estimate of drug-likeness (QED) is 0.340. The largest absolute Gasteiger partial charge is 0.479 e. The van der Waals surface area contributed by atoms with Crippen LogP contribution in [-0.2, 0) is 0 Å². The summed E-state index contributed by atoms with van der Waals surface area (Å²) in [6, 6.07) is 15.3. The van der Waals surface area contributed by atoms with Crippen molar-refractivity contribution in [3.05, 3.63) is 63.3 Å². The third kappa shape index (κ3) is 3.23. The predicted octanol–water partition coefficient (Wildman–Crippen LogP) is 5.30. The molecule has 0 bridgehead atoms. The number of nitrogens with one attached hydrogen (secondary N) is 2. The van der Waals surface area contributed by atoms with E-state index in [2.05, 4.69) is 48.1 Å². The van der Waals surface area contributed by atoms with Crippen LogP contribution in [0.3, 0.4) is 0 Å². The molecule has 7 nitrogen and oxygen atoms in total. The highest BCUT2D eigenvalue weighted by Gasteiger charge is 2.55. The van der Waals surface area contributed by atoms with E-state index in [4.69, 9.17) is 26.4 Å². The fourth-order valence-electron chi connectivity index (χ4n) is 5.05. The Kier molecular flexibility index (Phi) is 4.72. The van der Waals surface area contributed by atoms with Gasteiger partial charge in [0.05, 0.1) is 23.2 Å². The Morgan fingerprint density at radius 1 is 1.03 bits per heavy atom. The van der Waals surface area contributed by atoms with Gasteiger partial charge in [0.25, 0.3) is 0 Å². The van der Waals surface area contributed by atoms with Gasteiger partial charge in [-0.2, -0.15) is 10.5 Å². The molecule has 0 amide bonds. The summed E-state index contributed by atoms with van der Waals surface area (Å²) in [5.41, 5.74) is 0.391. The van der Waals surface area contributed by atoms with Crippen molar-refractivity contribution < 1.29 is 14.2 Å².